The average Bonchev–Trinajstić information content (AvgIpc) is 3.31. The van der Waals surface area contributed by atoms with Gasteiger partial charge in [0.05, 0.1) is 0 Å². The largest absolute Gasteiger partial charge is 0.486 e. The molecule has 25 heavy (non-hydrogen) atoms. The van der Waals surface area contributed by atoms with E-state index in [-0.39, 0.29) is 12.5 Å². The van der Waals surface area contributed by atoms with E-state index in [2.05, 4.69) is 26.9 Å². The molecule has 0 saturated carbocycles. The molecule has 1 N–H and O–H groups in total. The van der Waals surface area contributed by atoms with Crippen LogP contribution in [-0.4, -0.2) is 32.7 Å². The van der Waals surface area contributed by atoms with Crippen molar-refractivity contribution < 1.29 is 9.53 Å². The Balaban J connectivity index is 1.54. The lowest BCUT2D eigenvalue weighted by Crippen LogP contribution is -2.25. The summed E-state index contributed by atoms with van der Waals surface area (Å²) in [5.74, 6) is 1.14. The minimum Gasteiger partial charge on any atom is -0.486 e. The maximum absolute atomic E-state index is 12.3. The molecule has 3 aromatic rings. The van der Waals surface area contributed by atoms with Gasteiger partial charge >= 0.3 is 0 Å². The number of hydrogen-bond acceptors (Lipinski definition) is 6. The van der Waals surface area contributed by atoms with Gasteiger partial charge in [-0.15, -0.1) is 16.4 Å². The van der Waals surface area contributed by atoms with Crippen molar-refractivity contribution in [2.24, 2.45) is 0 Å². The maximum Gasteiger partial charge on any atom is 0.251 e. The quantitative estimate of drug-likeness (QED) is 0.669. The fraction of sp³-hybridized carbons (Fsp3) is 0.294. The Morgan fingerprint density at radius 3 is 3.04 bits per heavy atom. The number of benzene rings is 1. The summed E-state index contributed by atoms with van der Waals surface area (Å²) >= 11 is 1.69. The van der Waals surface area contributed by atoms with E-state index in [0.29, 0.717) is 30.2 Å². The van der Waals surface area contributed by atoms with E-state index in [0.717, 1.165) is 6.42 Å². The number of nitrogens with zero attached hydrogens (tertiary/aromatic N) is 4. The number of amides is 1. The first-order valence-electron chi connectivity index (χ1n) is 8.04. The fourth-order valence-corrected chi connectivity index (χ4v) is 3.01. The summed E-state index contributed by atoms with van der Waals surface area (Å²) in [6.07, 6.45) is 0.833. The van der Waals surface area contributed by atoms with Crippen LogP contribution in [0.15, 0.2) is 41.8 Å². The minimum atomic E-state index is -0.111. The van der Waals surface area contributed by atoms with Crippen molar-refractivity contribution in [1.82, 2.24) is 25.5 Å². The number of rotatable bonds is 8. The van der Waals surface area contributed by atoms with Gasteiger partial charge in [-0.2, -0.15) is 0 Å². The molecule has 130 valence electrons. The summed E-state index contributed by atoms with van der Waals surface area (Å²) in [5, 5.41) is 16.4. The standard InChI is InChI=1S/C17H19N5O2S/c1-2-22-16(19-20-21-22)12-24-14-6-3-5-13(11-14)17(23)18-9-8-15-7-4-10-25-15/h3-7,10-11H,2,8-9,12H2,1H3,(H,18,23). The van der Waals surface area contributed by atoms with E-state index in [1.165, 1.54) is 4.88 Å². The van der Waals surface area contributed by atoms with Gasteiger partial charge in [0.2, 0.25) is 0 Å². The van der Waals surface area contributed by atoms with Gasteiger partial charge in [-0.3, -0.25) is 4.79 Å². The Labute approximate surface area is 149 Å². The summed E-state index contributed by atoms with van der Waals surface area (Å²) < 4.78 is 7.37. The van der Waals surface area contributed by atoms with Crippen LogP contribution in [0.1, 0.15) is 28.0 Å². The Bertz CT molecular complexity index is 816. The molecule has 1 aromatic carbocycles. The van der Waals surface area contributed by atoms with E-state index >= 15 is 0 Å². The van der Waals surface area contributed by atoms with Crippen molar-refractivity contribution in [2.45, 2.75) is 26.5 Å². The summed E-state index contributed by atoms with van der Waals surface area (Å²) in [5.41, 5.74) is 0.568. The van der Waals surface area contributed by atoms with Crippen molar-refractivity contribution in [2.75, 3.05) is 6.54 Å². The first-order valence-corrected chi connectivity index (χ1v) is 8.92. The summed E-state index contributed by atoms with van der Waals surface area (Å²) in [6.45, 7) is 3.50. The number of thiophene rings is 1. The van der Waals surface area contributed by atoms with E-state index in [9.17, 15) is 4.79 Å². The van der Waals surface area contributed by atoms with Gasteiger partial charge in [0.25, 0.3) is 5.91 Å². The summed E-state index contributed by atoms with van der Waals surface area (Å²) in [6, 6.07) is 11.2. The van der Waals surface area contributed by atoms with Crippen LogP contribution in [0.5, 0.6) is 5.75 Å². The molecule has 2 aromatic heterocycles. The number of carbonyl (C=O) groups excluding carboxylic acids is 1. The van der Waals surface area contributed by atoms with Gasteiger partial charge in [0, 0.05) is 23.5 Å². The second-order valence-corrected chi connectivity index (χ2v) is 6.34. The number of ether oxygens (including phenoxy) is 1. The Morgan fingerprint density at radius 2 is 2.24 bits per heavy atom. The number of aryl methyl sites for hydroxylation is 1. The summed E-state index contributed by atoms with van der Waals surface area (Å²) in [7, 11) is 0. The van der Waals surface area contributed by atoms with Gasteiger partial charge < -0.3 is 10.1 Å². The molecular formula is C17H19N5O2S. The lowest BCUT2D eigenvalue weighted by atomic mass is 10.2. The number of nitrogens with one attached hydrogen (secondary N) is 1. The normalized spacial score (nSPS) is 10.6. The average molecular weight is 357 g/mol. The fourth-order valence-electron chi connectivity index (χ4n) is 2.30. The number of aromatic nitrogens is 4. The lowest BCUT2D eigenvalue weighted by molar-refractivity contribution is 0.0953. The molecule has 2 heterocycles. The summed E-state index contributed by atoms with van der Waals surface area (Å²) in [4.78, 5) is 13.5. The smallest absolute Gasteiger partial charge is 0.251 e. The predicted octanol–water partition coefficient (Wildman–Crippen LogP) is 2.31. The highest BCUT2D eigenvalue weighted by Gasteiger charge is 2.09. The molecule has 0 radical (unpaired) electrons. The molecule has 8 heteroatoms. The highest BCUT2D eigenvalue weighted by Crippen LogP contribution is 2.15. The molecule has 0 atom stereocenters. The zero-order chi connectivity index (χ0) is 17.5. The van der Waals surface area contributed by atoms with Gasteiger partial charge in [0.1, 0.15) is 12.4 Å². The van der Waals surface area contributed by atoms with Crippen LogP contribution in [0, 0.1) is 0 Å². The zero-order valence-electron chi connectivity index (χ0n) is 13.9. The molecule has 0 saturated heterocycles. The molecular weight excluding hydrogens is 338 g/mol. The lowest BCUT2D eigenvalue weighted by Gasteiger charge is -2.08. The monoisotopic (exact) mass is 357 g/mol. The van der Waals surface area contributed by atoms with Crippen LogP contribution in [0.3, 0.4) is 0 Å². The van der Waals surface area contributed by atoms with Crippen molar-refractivity contribution in [1.29, 1.82) is 0 Å². The van der Waals surface area contributed by atoms with Crippen LogP contribution >= 0.6 is 11.3 Å². The highest BCUT2D eigenvalue weighted by molar-refractivity contribution is 7.09. The molecule has 0 unspecified atom stereocenters. The number of hydrogen-bond donors (Lipinski definition) is 1. The molecule has 0 aliphatic carbocycles. The van der Waals surface area contributed by atoms with Gasteiger partial charge in [0.15, 0.2) is 5.82 Å². The van der Waals surface area contributed by atoms with Crippen molar-refractivity contribution in [3.63, 3.8) is 0 Å². The van der Waals surface area contributed by atoms with Gasteiger partial charge in [-0.25, -0.2) is 4.68 Å². The SMILES string of the molecule is CCn1nnnc1COc1cccc(C(=O)NCCc2cccs2)c1. The third kappa shape index (κ3) is 4.63. The molecule has 0 fully saturated rings. The maximum atomic E-state index is 12.3. The number of carbonyl (C=O) groups is 1. The number of tetrazole rings is 1. The van der Waals surface area contributed by atoms with Crippen LogP contribution in [0.2, 0.25) is 0 Å². The highest BCUT2D eigenvalue weighted by atomic mass is 32.1. The van der Waals surface area contributed by atoms with Crippen molar-refractivity contribution in [3.8, 4) is 5.75 Å². The Kier molecular flexibility index (Phi) is 5.73. The molecule has 7 nitrogen and oxygen atoms in total. The first-order chi connectivity index (χ1) is 12.3. The van der Waals surface area contributed by atoms with E-state index < -0.39 is 0 Å². The molecule has 1 amide bonds. The Hall–Kier alpha value is -2.74. The van der Waals surface area contributed by atoms with Crippen LogP contribution in [-0.2, 0) is 19.6 Å². The van der Waals surface area contributed by atoms with Crippen LogP contribution < -0.4 is 10.1 Å². The van der Waals surface area contributed by atoms with Crippen molar-refractivity contribution in [3.05, 3.63) is 58.0 Å². The second-order valence-electron chi connectivity index (χ2n) is 5.31. The third-order valence-electron chi connectivity index (χ3n) is 3.61. The van der Waals surface area contributed by atoms with E-state index in [4.69, 9.17) is 4.74 Å². The Morgan fingerprint density at radius 1 is 1.32 bits per heavy atom. The van der Waals surface area contributed by atoms with Crippen LogP contribution in [0.25, 0.3) is 0 Å². The van der Waals surface area contributed by atoms with E-state index in [1.54, 1.807) is 34.2 Å². The van der Waals surface area contributed by atoms with Gasteiger partial charge in [-0.05, 0) is 53.4 Å². The van der Waals surface area contributed by atoms with Crippen LogP contribution in [0.4, 0.5) is 0 Å². The van der Waals surface area contributed by atoms with Gasteiger partial charge in [-0.1, -0.05) is 12.1 Å². The molecule has 0 bridgehead atoms. The second kappa shape index (κ2) is 8.39. The predicted molar refractivity (Wildman–Crippen MR) is 94.6 cm³/mol. The molecule has 3 rings (SSSR count). The molecule has 0 aliphatic heterocycles. The first kappa shape index (κ1) is 17.1. The topological polar surface area (TPSA) is 81.9 Å². The molecule has 0 spiro atoms. The third-order valence-corrected chi connectivity index (χ3v) is 4.54. The van der Waals surface area contributed by atoms with E-state index in [1.807, 2.05) is 24.4 Å². The van der Waals surface area contributed by atoms with Crippen molar-refractivity contribution >= 4 is 17.2 Å². The zero-order valence-corrected chi connectivity index (χ0v) is 14.7. The molecule has 0 aliphatic rings. The minimum absolute atomic E-state index is 0.111.